The second-order valence-corrected chi connectivity index (χ2v) is 13.0. The van der Waals surface area contributed by atoms with E-state index in [1.54, 1.807) is 11.3 Å². The summed E-state index contributed by atoms with van der Waals surface area (Å²) in [4.78, 5) is 24.4. The summed E-state index contributed by atoms with van der Waals surface area (Å²) >= 11 is 8.44. The average molecular weight is 605 g/mol. The van der Waals surface area contributed by atoms with Crippen LogP contribution in [0.3, 0.4) is 0 Å². The molecule has 3 aromatic carbocycles. The van der Waals surface area contributed by atoms with E-state index in [1.807, 2.05) is 36.0 Å². The van der Waals surface area contributed by atoms with E-state index < -0.39 is 0 Å². The molecule has 5 aromatic rings. The summed E-state index contributed by atoms with van der Waals surface area (Å²) in [6.45, 7) is 0. The Morgan fingerprint density at radius 3 is 2.32 bits per heavy atom. The molecular weight excluding hydrogens is 582 g/mol. The van der Waals surface area contributed by atoms with Crippen molar-refractivity contribution >= 4 is 72.6 Å². The Morgan fingerprint density at radius 2 is 1.62 bits per heavy atom. The molecule has 184 valence electrons. The number of hydrogen-bond acceptors (Lipinski definition) is 7. The molecule has 37 heavy (non-hydrogen) atoms. The van der Waals surface area contributed by atoms with Gasteiger partial charge in [0.25, 0.3) is 0 Å². The minimum Gasteiger partial charge on any atom is -0.383 e. The summed E-state index contributed by atoms with van der Waals surface area (Å²) in [6.07, 6.45) is 0.884. The molecule has 8 heteroatoms. The number of Topliss-reactive ketones (excluding diaryl/α,β-unsaturated/α-hetero) is 1. The highest BCUT2D eigenvalue weighted by atomic mass is 79.9. The zero-order valence-corrected chi connectivity index (χ0v) is 23.7. The molecule has 0 spiro atoms. The van der Waals surface area contributed by atoms with Crippen molar-refractivity contribution in [2.75, 3.05) is 11.5 Å². The number of thioether (sulfide) groups is 2. The standard InChI is InChI=1S/C29H22BrN3OS3/c30-20-13-11-17(12-14-20)22(34)16-35-29-32-27(31)24-21-15-23(18-7-3-1-4-8-18)36-25(19-9-5-2-6-10-19)26(21)37-28(24)33-29/h1-14,23,25H,15-16H2,(H2,31,32,33). The molecule has 1 aliphatic heterocycles. The van der Waals surface area contributed by atoms with Crippen LogP contribution in [0.4, 0.5) is 5.82 Å². The molecule has 1 aliphatic rings. The molecular formula is C29H22BrN3OS3. The number of carbonyl (C=O) groups excluding carboxylic acids is 1. The number of carbonyl (C=O) groups is 1. The van der Waals surface area contributed by atoms with Gasteiger partial charge in [0.1, 0.15) is 10.6 Å². The lowest BCUT2D eigenvalue weighted by Crippen LogP contribution is -2.12. The van der Waals surface area contributed by atoms with Crippen LogP contribution in [0.25, 0.3) is 10.2 Å². The normalized spacial score (nSPS) is 17.0. The molecule has 2 unspecified atom stereocenters. The summed E-state index contributed by atoms with van der Waals surface area (Å²) in [7, 11) is 0. The first-order chi connectivity index (χ1) is 18.1. The maximum Gasteiger partial charge on any atom is 0.191 e. The molecule has 0 saturated carbocycles. The number of nitrogens with two attached hydrogens (primary N) is 1. The molecule has 0 saturated heterocycles. The van der Waals surface area contributed by atoms with Crippen LogP contribution < -0.4 is 5.73 Å². The van der Waals surface area contributed by atoms with Crippen LogP contribution in [0, 0.1) is 0 Å². The number of nitrogen functional groups attached to an aromatic ring is 1. The van der Waals surface area contributed by atoms with Crippen LogP contribution in [-0.4, -0.2) is 21.5 Å². The van der Waals surface area contributed by atoms with Crippen molar-refractivity contribution in [3.05, 3.63) is 117 Å². The largest absolute Gasteiger partial charge is 0.383 e. The molecule has 3 heterocycles. The number of aromatic nitrogens is 2. The highest BCUT2D eigenvalue weighted by molar-refractivity contribution is 9.10. The van der Waals surface area contributed by atoms with Crippen LogP contribution in [-0.2, 0) is 6.42 Å². The van der Waals surface area contributed by atoms with Crippen LogP contribution in [0.15, 0.2) is 94.6 Å². The van der Waals surface area contributed by atoms with Gasteiger partial charge in [0.2, 0.25) is 0 Å². The van der Waals surface area contributed by atoms with E-state index in [4.69, 9.17) is 10.7 Å². The Labute approximate surface area is 236 Å². The zero-order chi connectivity index (χ0) is 25.4. The van der Waals surface area contributed by atoms with Crippen molar-refractivity contribution < 1.29 is 4.79 Å². The monoisotopic (exact) mass is 603 g/mol. The molecule has 0 fully saturated rings. The number of nitrogens with zero attached hydrogens (tertiary/aromatic N) is 2. The Kier molecular flexibility index (Phi) is 7.08. The fraction of sp³-hybridized carbons (Fsp3) is 0.138. The predicted molar refractivity (Wildman–Crippen MR) is 160 cm³/mol. The molecule has 0 amide bonds. The van der Waals surface area contributed by atoms with Crippen LogP contribution in [0.5, 0.6) is 0 Å². The highest BCUT2D eigenvalue weighted by Gasteiger charge is 2.34. The van der Waals surface area contributed by atoms with E-state index in [1.165, 1.54) is 33.3 Å². The Balaban J connectivity index is 1.35. The molecule has 2 atom stereocenters. The molecule has 0 radical (unpaired) electrons. The molecule has 0 aliphatic carbocycles. The Bertz CT molecular complexity index is 1570. The lowest BCUT2D eigenvalue weighted by molar-refractivity contribution is 0.102. The van der Waals surface area contributed by atoms with Crippen LogP contribution in [0.1, 0.15) is 42.4 Å². The molecule has 6 rings (SSSR count). The van der Waals surface area contributed by atoms with E-state index in [9.17, 15) is 4.79 Å². The van der Waals surface area contributed by atoms with Crippen molar-refractivity contribution in [1.82, 2.24) is 9.97 Å². The molecule has 4 nitrogen and oxygen atoms in total. The number of benzene rings is 3. The number of thiophene rings is 1. The molecule has 2 N–H and O–H groups in total. The number of ketones is 1. The number of anilines is 1. The first kappa shape index (κ1) is 24.7. The number of fused-ring (bicyclic) bond motifs is 3. The van der Waals surface area contributed by atoms with Gasteiger partial charge in [-0.1, -0.05) is 100 Å². The Hall–Kier alpha value is -2.65. The topological polar surface area (TPSA) is 68.9 Å². The third kappa shape index (κ3) is 5.08. The maximum atomic E-state index is 12.7. The van der Waals surface area contributed by atoms with Crippen molar-refractivity contribution in [2.24, 2.45) is 0 Å². The van der Waals surface area contributed by atoms with Crippen molar-refractivity contribution in [2.45, 2.75) is 22.1 Å². The second-order valence-electron chi connectivity index (χ2n) is 8.77. The third-order valence-corrected chi connectivity index (χ3v) is 10.7. The van der Waals surface area contributed by atoms with Gasteiger partial charge in [0, 0.05) is 20.2 Å². The van der Waals surface area contributed by atoms with E-state index in [-0.39, 0.29) is 16.8 Å². The van der Waals surface area contributed by atoms with E-state index in [2.05, 4.69) is 81.6 Å². The predicted octanol–water partition coefficient (Wildman–Crippen LogP) is 8.13. The van der Waals surface area contributed by atoms with Gasteiger partial charge in [0.05, 0.1) is 16.4 Å². The highest BCUT2D eigenvalue weighted by Crippen LogP contribution is 2.55. The quantitative estimate of drug-likeness (QED) is 0.120. The van der Waals surface area contributed by atoms with Gasteiger partial charge < -0.3 is 5.73 Å². The van der Waals surface area contributed by atoms with Crippen molar-refractivity contribution in [3.63, 3.8) is 0 Å². The smallest absolute Gasteiger partial charge is 0.191 e. The SMILES string of the molecule is Nc1nc(SCC(=O)c2ccc(Br)cc2)nc2sc3c(c12)CC(c1ccccc1)SC3c1ccccc1. The number of rotatable bonds is 6. The average Bonchev–Trinajstić information content (AvgIpc) is 3.31. The first-order valence-corrected chi connectivity index (χ1v) is 15.4. The molecule has 0 bridgehead atoms. The van der Waals surface area contributed by atoms with Gasteiger partial charge in [-0.05, 0) is 35.2 Å². The lowest BCUT2D eigenvalue weighted by atomic mass is 9.98. The fourth-order valence-corrected chi connectivity index (χ4v) is 8.68. The second kappa shape index (κ2) is 10.6. The van der Waals surface area contributed by atoms with Gasteiger partial charge in [-0.3, -0.25) is 4.79 Å². The fourth-order valence-electron chi connectivity index (χ4n) is 4.59. The number of halogens is 1. The minimum atomic E-state index is 0.0384. The van der Waals surface area contributed by atoms with Gasteiger partial charge in [-0.2, -0.15) is 0 Å². The lowest BCUT2D eigenvalue weighted by Gasteiger charge is -2.30. The van der Waals surface area contributed by atoms with E-state index >= 15 is 0 Å². The van der Waals surface area contributed by atoms with E-state index in [0.29, 0.717) is 21.8 Å². The number of hydrogen-bond donors (Lipinski definition) is 1. The third-order valence-electron chi connectivity index (χ3n) is 6.39. The summed E-state index contributed by atoms with van der Waals surface area (Å²) < 4.78 is 0.946. The summed E-state index contributed by atoms with van der Waals surface area (Å²) in [6, 6.07) is 28.7. The van der Waals surface area contributed by atoms with E-state index in [0.717, 1.165) is 21.1 Å². The van der Waals surface area contributed by atoms with Crippen LogP contribution >= 0.6 is 50.8 Å². The zero-order valence-electron chi connectivity index (χ0n) is 19.6. The van der Waals surface area contributed by atoms with Gasteiger partial charge >= 0.3 is 0 Å². The van der Waals surface area contributed by atoms with Crippen LogP contribution in [0.2, 0.25) is 0 Å². The maximum absolute atomic E-state index is 12.7. The van der Waals surface area contributed by atoms with Gasteiger partial charge in [0.15, 0.2) is 10.9 Å². The summed E-state index contributed by atoms with van der Waals surface area (Å²) in [5.74, 6) is 0.791. The van der Waals surface area contributed by atoms with Crippen molar-refractivity contribution in [3.8, 4) is 0 Å². The summed E-state index contributed by atoms with van der Waals surface area (Å²) in [5, 5.41) is 2.01. The Morgan fingerprint density at radius 1 is 0.946 bits per heavy atom. The van der Waals surface area contributed by atoms with Gasteiger partial charge in [-0.15, -0.1) is 23.1 Å². The summed E-state index contributed by atoms with van der Waals surface area (Å²) in [5.41, 5.74) is 11.1. The molecule has 2 aromatic heterocycles. The first-order valence-electron chi connectivity index (χ1n) is 11.8. The minimum absolute atomic E-state index is 0.0384. The van der Waals surface area contributed by atoms with Crippen molar-refractivity contribution in [1.29, 1.82) is 0 Å². The van der Waals surface area contributed by atoms with Gasteiger partial charge in [-0.25, -0.2) is 9.97 Å².